The summed E-state index contributed by atoms with van der Waals surface area (Å²) in [6.45, 7) is 0. The number of hydrogen-bond acceptors (Lipinski definition) is 6. The minimum Gasteiger partial charge on any atom is -0.404 e. The maximum absolute atomic E-state index is 12.6. The number of anilines is 2. The van der Waals surface area contributed by atoms with E-state index < -0.39 is 18.0 Å². The summed E-state index contributed by atoms with van der Waals surface area (Å²) in [7, 11) is 0. The van der Waals surface area contributed by atoms with Crippen LogP contribution in [0, 0.1) is 0 Å². The molecule has 1 amide bonds. The van der Waals surface area contributed by atoms with Gasteiger partial charge in [0.1, 0.15) is 11.3 Å². The number of nitrogen functional groups attached to an aromatic ring is 1. The number of hydrogen-bond donors (Lipinski definition) is 2. The molecule has 0 saturated heterocycles. The molecule has 0 aliphatic rings. The SMILES string of the molecule is Nc1onc(-c2ccncc2)c1C(=O)Nc1ccccc1OC(F)(F)F. The highest BCUT2D eigenvalue weighted by molar-refractivity contribution is 6.11. The molecule has 0 unspecified atom stereocenters. The Morgan fingerprint density at radius 3 is 2.54 bits per heavy atom. The van der Waals surface area contributed by atoms with Crippen LogP contribution in [0.15, 0.2) is 53.3 Å². The lowest BCUT2D eigenvalue weighted by atomic mass is 10.1. The van der Waals surface area contributed by atoms with Gasteiger partial charge in [0.05, 0.1) is 5.69 Å². The molecular formula is C16H11F3N4O3. The van der Waals surface area contributed by atoms with Crippen molar-refractivity contribution >= 4 is 17.5 Å². The topological polar surface area (TPSA) is 103 Å². The van der Waals surface area contributed by atoms with Crippen molar-refractivity contribution in [3.05, 3.63) is 54.4 Å². The first-order valence-electron chi connectivity index (χ1n) is 7.17. The zero-order chi connectivity index (χ0) is 18.7. The smallest absolute Gasteiger partial charge is 0.404 e. The number of benzene rings is 1. The van der Waals surface area contributed by atoms with E-state index >= 15 is 0 Å². The van der Waals surface area contributed by atoms with Gasteiger partial charge in [-0.05, 0) is 24.3 Å². The molecule has 26 heavy (non-hydrogen) atoms. The number of carbonyl (C=O) groups excluding carboxylic acids is 1. The third-order valence-electron chi connectivity index (χ3n) is 3.26. The zero-order valence-corrected chi connectivity index (χ0v) is 12.9. The van der Waals surface area contributed by atoms with Crippen LogP contribution in [0.3, 0.4) is 0 Å². The highest BCUT2D eigenvalue weighted by Crippen LogP contribution is 2.32. The van der Waals surface area contributed by atoms with Gasteiger partial charge >= 0.3 is 6.36 Å². The van der Waals surface area contributed by atoms with Crippen molar-refractivity contribution in [1.29, 1.82) is 0 Å². The van der Waals surface area contributed by atoms with E-state index in [-0.39, 0.29) is 22.8 Å². The molecule has 2 aromatic heterocycles. The molecule has 3 rings (SSSR count). The monoisotopic (exact) mass is 364 g/mol. The van der Waals surface area contributed by atoms with Gasteiger partial charge < -0.3 is 20.3 Å². The van der Waals surface area contributed by atoms with Crippen molar-refractivity contribution in [2.45, 2.75) is 6.36 Å². The van der Waals surface area contributed by atoms with Crippen LogP contribution in [-0.4, -0.2) is 22.4 Å². The Bertz CT molecular complexity index is 926. The number of nitrogens with one attached hydrogen (secondary N) is 1. The number of nitrogens with zero attached hydrogens (tertiary/aromatic N) is 2. The largest absolute Gasteiger partial charge is 0.573 e. The third-order valence-corrected chi connectivity index (χ3v) is 3.26. The van der Waals surface area contributed by atoms with E-state index in [2.05, 4.69) is 20.2 Å². The average molecular weight is 364 g/mol. The van der Waals surface area contributed by atoms with Gasteiger partial charge in [0, 0.05) is 18.0 Å². The molecule has 0 bridgehead atoms. The van der Waals surface area contributed by atoms with Crippen molar-refractivity contribution in [2.75, 3.05) is 11.1 Å². The number of halogens is 3. The maximum Gasteiger partial charge on any atom is 0.573 e. The van der Waals surface area contributed by atoms with Gasteiger partial charge in [-0.25, -0.2) is 0 Å². The first kappa shape index (κ1) is 17.3. The molecule has 3 N–H and O–H groups in total. The van der Waals surface area contributed by atoms with Crippen molar-refractivity contribution in [1.82, 2.24) is 10.1 Å². The number of para-hydroxylation sites is 2. The van der Waals surface area contributed by atoms with Crippen molar-refractivity contribution in [3.8, 4) is 17.0 Å². The molecule has 1 aromatic carbocycles. The minimum absolute atomic E-state index is 0.113. The molecule has 0 aliphatic carbocycles. The normalized spacial score (nSPS) is 11.2. The summed E-state index contributed by atoms with van der Waals surface area (Å²) >= 11 is 0. The fourth-order valence-electron chi connectivity index (χ4n) is 2.20. The Balaban J connectivity index is 1.92. The Morgan fingerprint density at radius 1 is 1.15 bits per heavy atom. The molecule has 134 valence electrons. The number of amides is 1. The molecule has 7 nitrogen and oxygen atoms in total. The van der Waals surface area contributed by atoms with Crippen LogP contribution in [0.1, 0.15) is 10.4 Å². The van der Waals surface area contributed by atoms with Gasteiger partial charge in [-0.2, -0.15) is 0 Å². The summed E-state index contributed by atoms with van der Waals surface area (Å²) in [6.07, 6.45) is -1.94. The second kappa shape index (κ2) is 6.75. The van der Waals surface area contributed by atoms with Gasteiger partial charge in [-0.3, -0.25) is 9.78 Å². The number of rotatable bonds is 4. The van der Waals surface area contributed by atoms with E-state index in [4.69, 9.17) is 10.3 Å². The number of alkyl halides is 3. The highest BCUT2D eigenvalue weighted by atomic mass is 19.4. The van der Waals surface area contributed by atoms with Crippen molar-refractivity contribution in [2.24, 2.45) is 0 Å². The van der Waals surface area contributed by atoms with E-state index in [0.29, 0.717) is 5.56 Å². The second-order valence-corrected chi connectivity index (χ2v) is 5.00. The predicted molar refractivity (Wildman–Crippen MR) is 85.2 cm³/mol. The van der Waals surface area contributed by atoms with Crippen LogP contribution in [0.25, 0.3) is 11.3 Å². The Labute approximate surface area is 144 Å². The first-order valence-corrected chi connectivity index (χ1v) is 7.17. The molecular weight excluding hydrogens is 353 g/mol. The average Bonchev–Trinajstić information content (AvgIpc) is 2.98. The van der Waals surface area contributed by atoms with E-state index in [1.54, 1.807) is 12.1 Å². The van der Waals surface area contributed by atoms with Gasteiger partial charge in [0.15, 0.2) is 5.75 Å². The van der Waals surface area contributed by atoms with Gasteiger partial charge in [-0.15, -0.1) is 13.2 Å². The van der Waals surface area contributed by atoms with E-state index in [1.807, 2.05) is 0 Å². The molecule has 0 aliphatic heterocycles. The summed E-state index contributed by atoms with van der Waals surface area (Å²) in [5.74, 6) is -1.63. The van der Waals surface area contributed by atoms with Crippen LogP contribution >= 0.6 is 0 Å². The summed E-state index contributed by atoms with van der Waals surface area (Å²) in [5, 5.41) is 6.06. The molecule has 10 heteroatoms. The van der Waals surface area contributed by atoms with E-state index in [9.17, 15) is 18.0 Å². The maximum atomic E-state index is 12.6. The van der Waals surface area contributed by atoms with E-state index in [0.717, 1.165) is 6.07 Å². The molecule has 0 saturated carbocycles. The first-order chi connectivity index (χ1) is 12.3. The molecule has 2 heterocycles. The summed E-state index contributed by atoms with van der Waals surface area (Å²) < 4.78 is 46.2. The lowest BCUT2D eigenvalue weighted by molar-refractivity contribution is -0.274. The lowest BCUT2D eigenvalue weighted by Crippen LogP contribution is -2.20. The zero-order valence-electron chi connectivity index (χ0n) is 12.9. The summed E-state index contributed by atoms with van der Waals surface area (Å²) in [4.78, 5) is 16.4. The van der Waals surface area contributed by atoms with Gasteiger partial charge in [0.25, 0.3) is 5.91 Å². The Kier molecular flexibility index (Phi) is 4.48. The van der Waals surface area contributed by atoms with Gasteiger partial charge in [-0.1, -0.05) is 17.3 Å². The van der Waals surface area contributed by atoms with Crippen LogP contribution in [-0.2, 0) is 0 Å². The number of ether oxygens (including phenoxy) is 1. The van der Waals surface area contributed by atoms with Crippen molar-refractivity contribution in [3.63, 3.8) is 0 Å². The molecule has 0 fully saturated rings. The standard InChI is InChI=1S/C16H11F3N4O3/c17-16(18,19)25-11-4-2-1-3-10(11)22-15(24)12-13(23-26-14(12)20)9-5-7-21-8-6-9/h1-8H,20H2,(H,22,24). The number of pyridine rings is 1. The van der Waals surface area contributed by atoms with E-state index in [1.165, 1.54) is 30.6 Å². The second-order valence-electron chi connectivity index (χ2n) is 5.00. The van der Waals surface area contributed by atoms with Gasteiger partial charge in [0.2, 0.25) is 5.88 Å². The fraction of sp³-hybridized carbons (Fsp3) is 0.0625. The molecule has 0 spiro atoms. The number of aromatic nitrogens is 2. The van der Waals surface area contributed by atoms with Crippen molar-refractivity contribution < 1.29 is 27.2 Å². The quantitative estimate of drug-likeness (QED) is 0.735. The summed E-state index contributed by atoms with van der Waals surface area (Å²) in [5.41, 5.74) is 6.00. The molecule has 0 radical (unpaired) electrons. The van der Waals surface area contributed by atoms with Crippen LogP contribution in [0.4, 0.5) is 24.7 Å². The molecule has 3 aromatic rings. The summed E-state index contributed by atoms with van der Waals surface area (Å²) in [6, 6.07) is 8.27. The minimum atomic E-state index is -4.90. The number of carbonyl (C=O) groups is 1. The van der Waals surface area contributed by atoms with Crippen LogP contribution in [0.2, 0.25) is 0 Å². The molecule has 0 atom stereocenters. The highest BCUT2D eigenvalue weighted by Gasteiger charge is 2.32. The Morgan fingerprint density at radius 2 is 1.85 bits per heavy atom. The van der Waals surface area contributed by atoms with Crippen LogP contribution in [0.5, 0.6) is 5.75 Å². The lowest BCUT2D eigenvalue weighted by Gasteiger charge is -2.13. The fourth-order valence-corrected chi connectivity index (χ4v) is 2.20. The third kappa shape index (κ3) is 3.74. The number of nitrogens with two attached hydrogens (primary N) is 1. The predicted octanol–water partition coefficient (Wildman–Crippen LogP) is 3.47. The van der Waals surface area contributed by atoms with Crippen LogP contribution < -0.4 is 15.8 Å². The Hall–Kier alpha value is -3.56.